The maximum absolute atomic E-state index is 13.0. The van der Waals surface area contributed by atoms with Crippen molar-refractivity contribution in [1.82, 2.24) is 20.1 Å². The van der Waals surface area contributed by atoms with Gasteiger partial charge in [-0.15, -0.1) is 0 Å². The molecule has 8 heteroatoms. The fourth-order valence-electron chi connectivity index (χ4n) is 2.86. The zero-order valence-electron chi connectivity index (χ0n) is 12.2. The van der Waals surface area contributed by atoms with Gasteiger partial charge in [-0.25, -0.2) is 0 Å². The molecule has 2 aromatic rings. The molecule has 122 valence electrons. The lowest BCUT2D eigenvalue weighted by atomic mass is 9.93. The van der Waals surface area contributed by atoms with Crippen LogP contribution in [-0.4, -0.2) is 39.1 Å². The molecular weight excluding hydrogens is 309 g/mol. The van der Waals surface area contributed by atoms with E-state index in [-0.39, 0.29) is 11.5 Å². The normalized spacial score (nSPS) is 16.6. The van der Waals surface area contributed by atoms with Crippen LogP contribution in [-0.2, 0) is 6.18 Å². The van der Waals surface area contributed by atoms with E-state index in [1.165, 1.54) is 11.1 Å². The van der Waals surface area contributed by atoms with Crippen molar-refractivity contribution in [2.24, 2.45) is 0 Å². The zero-order valence-corrected chi connectivity index (χ0v) is 12.2. The van der Waals surface area contributed by atoms with Gasteiger partial charge in [-0.2, -0.15) is 18.3 Å². The van der Waals surface area contributed by atoms with Crippen LogP contribution in [0.2, 0.25) is 0 Å². The SMILES string of the molecule is O=C(c1ccncc1C(F)(F)F)N1CCC(c2ccn[nH]2)CC1. The first-order chi connectivity index (χ1) is 11.0. The number of hydrogen-bond acceptors (Lipinski definition) is 3. The third-order valence-electron chi connectivity index (χ3n) is 4.10. The lowest BCUT2D eigenvalue weighted by Gasteiger charge is -2.32. The standard InChI is InChI=1S/C15H15F3N4O/c16-15(17,18)12-9-19-5-1-11(12)14(23)22-7-3-10(4-8-22)13-2-6-20-21-13/h1-2,5-6,9-10H,3-4,7-8H2,(H,20,21). The molecule has 0 radical (unpaired) electrons. The first kappa shape index (κ1) is 15.5. The van der Waals surface area contributed by atoms with Crippen molar-refractivity contribution in [2.45, 2.75) is 24.9 Å². The minimum absolute atomic E-state index is 0.251. The topological polar surface area (TPSA) is 61.9 Å². The van der Waals surface area contributed by atoms with E-state index in [4.69, 9.17) is 0 Å². The van der Waals surface area contributed by atoms with E-state index in [0.717, 1.165) is 11.8 Å². The molecule has 23 heavy (non-hydrogen) atoms. The number of hydrogen-bond donors (Lipinski definition) is 1. The van der Waals surface area contributed by atoms with Crippen molar-refractivity contribution in [3.8, 4) is 0 Å². The Bertz CT molecular complexity index is 676. The van der Waals surface area contributed by atoms with E-state index < -0.39 is 17.6 Å². The molecule has 0 bridgehead atoms. The highest BCUT2D eigenvalue weighted by Crippen LogP contribution is 2.33. The van der Waals surface area contributed by atoms with Gasteiger partial charge >= 0.3 is 6.18 Å². The van der Waals surface area contributed by atoms with E-state index in [1.54, 1.807) is 6.20 Å². The van der Waals surface area contributed by atoms with Gasteiger partial charge < -0.3 is 4.90 Å². The van der Waals surface area contributed by atoms with Gasteiger partial charge in [-0.05, 0) is 25.0 Å². The van der Waals surface area contributed by atoms with Gasteiger partial charge in [0.05, 0.1) is 11.1 Å². The Morgan fingerprint density at radius 3 is 2.57 bits per heavy atom. The molecule has 1 aliphatic heterocycles. The van der Waals surface area contributed by atoms with Crippen LogP contribution in [0, 0.1) is 0 Å². The van der Waals surface area contributed by atoms with E-state index in [2.05, 4.69) is 15.2 Å². The molecule has 0 atom stereocenters. The van der Waals surface area contributed by atoms with Gasteiger partial charge in [0.2, 0.25) is 0 Å². The highest BCUT2D eigenvalue weighted by Gasteiger charge is 2.37. The van der Waals surface area contributed by atoms with Crippen molar-refractivity contribution in [3.63, 3.8) is 0 Å². The van der Waals surface area contributed by atoms with E-state index in [1.807, 2.05) is 6.07 Å². The van der Waals surface area contributed by atoms with Gasteiger partial charge in [0.1, 0.15) is 0 Å². The summed E-state index contributed by atoms with van der Waals surface area (Å²) in [6.07, 6.45) is 0.373. The maximum Gasteiger partial charge on any atom is 0.418 e. The molecule has 1 saturated heterocycles. The number of likely N-dealkylation sites (tertiary alicyclic amines) is 1. The summed E-state index contributed by atoms with van der Waals surface area (Å²) in [5.74, 6) is -0.344. The summed E-state index contributed by atoms with van der Waals surface area (Å²) >= 11 is 0. The number of carbonyl (C=O) groups excluding carboxylic acids is 1. The third-order valence-corrected chi connectivity index (χ3v) is 4.10. The number of alkyl halides is 3. The summed E-state index contributed by atoms with van der Waals surface area (Å²) in [6.45, 7) is 0.838. The van der Waals surface area contributed by atoms with E-state index in [9.17, 15) is 18.0 Å². The van der Waals surface area contributed by atoms with Crippen LogP contribution in [0.1, 0.15) is 40.4 Å². The number of carbonyl (C=O) groups is 1. The summed E-state index contributed by atoms with van der Waals surface area (Å²) in [4.78, 5) is 17.4. The molecule has 0 saturated carbocycles. The Morgan fingerprint density at radius 1 is 1.22 bits per heavy atom. The minimum atomic E-state index is -4.59. The second-order valence-electron chi connectivity index (χ2n) is 5.50. The van der Waals surface area contributed by atoms with Crippen molar-refractivity contribution >= 4 is 5.91 Å². The Kier molecular flexibility index (Phi) is 4.06. The molecule has 3 heterocycles. The van der Waals surface area contributed by atoms with Crippen molar-refractivity contribution < 1.29 is 18.0 Å². The monoisotopic (exact) mass is 324 g/mol. The van der Waals surface area contributed by atoms with Crippen LogP contribution >= 0.6 is 0 Å². The Balaban J connectivity index is 1.73. The van der Waals surface area contributed by atoms with Crippen molar-refractivity contribution in [2.75, 3.05) is 13.1 Å². The number of H-pyrrole nitrogens is 1. The van der Waals surface area contributed by atoms with E-state index in [0.29, 0.717) is 32.1 Å². The lowest BCUT2D eigenvalue weighted by Crippen LogP contribution is -2.38. The summed E-state index contributed by atoms with van der Waals surface area (Å²) < 4.78 is 39.0. The number of aromatic amines is 1. The number of nitrogens with one attached hydrogen (secondary N) is 1. The first-order valence-electron chi connectivity index (χ1n) is 7.26. The van der Waals surface area contributed by atoms with Crippen LogP contribution in [0.5, 0.6) is 0 Å². The quantitative estimate of drug-likeness (QED) is 0.924. The van der Waals surface area contributed by atoms with Gasteiger partial charge in [-0.1, -0.05) is 0 Å². The van der Waals surface area contributed by atoms with Crippen LogP contribution in [0.3, 0.4) is 0 Å². The fraction of sp³-hybridized carbons (Fsp3) is 0.400. The molecular formula is C15H15F3N4O. The summed E-state index contributed by atoms with van der Waals surface area (Å²) in [5.41, 5.74) is -0.329. The van der Waals surface area contributed by atoms with Crippen molar-refractivity contribution in [1.29, 1.82) is 0 Å². The molecule has 3 rings (SSSR count). The molecule has 5 nitrogen and oxygen atoms in total. The van der Waals surface area contributed by atoms with Gasteiger partial charge in [0.25, 0.3) is 5.91 Å². The Hall–Kier alpha value is -2.38. The fourth-order valence-corrected chi connectivity index (χ4v) is 2.86. The first-order valence-corrected chi connectivity index (χ1v) is 7.26. The van der Waals surface area contributed by atoms with Crippen LogP contribution in [0.4, 0.5) is 13.2 Å². The maximum atomic E-state index is 13.0. The molecule has 0 aliphatic carbocycles. The summed E-state index contributed by atoms with van der Waals surface area (Å²) in [5, 5.41) is 6.80. The smallest absolute Gasteiger partial charge is 0.339 e. The Morgan fingerprint density at radius 2 is 1.96 bits per heavy atom. The van der Waals surface area contributed by atoms with Crippen LogP contribution in [0.25, 0.3) is 0 Å². The van der Waals surface area contributed by atoms with Crippen LogP contribution < -0.4 is 0 Å². The Labute approximate surface area is 130 Å². The molecule has 1 amide bonds. The number of pyridine rings is 1. The molecule has 0 spiro atoms. The predicted octanol–water partition coefficient (Wildman–Crippen LogP) is 2.84. The molecule has 1 fully saturated rings. The second-order valence-corrected chi connectivity index (χ2v) is 5.50. The molecule has 1 N–H and O–H groups in total. The number of rotatable bonds is 2. The lowest BCUT2D eigenvalue weighted by molar-refractivity contribution is -0.138. The molecule has 0 aromatic carbocycles. The number of aromatic nitrogens is 3. The number of amides is 1. The largest absolute Gasteiger partial charge is 0.418 e. The number of nitrogens with zero attached hydrogens (tertiary/aromatic N) is 3. The van der Waals surface area contributed by atoms with Gasteiger partial charge in [0.15, 0.2) is 0 Å². The zero-order chi connectivity index (χ0) is 16.4. The van der Waals surface area contributed by atoms with Gasteiger partial charge in [0, 0.05) is 43.3 Å². The number of halogens is 3. The molecule has 1 aliphatic rings. The van der Waals surface area contributed by atoms with E-state index >= 15 is 0 Å². The van der Waals surface area contributed by atoms with Crippen molar-refractivity contribution in [3.05, 3.63) is 47.5 Å². The predicted molar refractivity (Wildman–Crippen MR) is 75.7 cm³/mol. The highest BCUT2D eigenvalue weighted by atomic mass is 19.4. The molecule has 2 aromatic heterocycles. The average molecular weight is 324 g/mol. The average Bonchev–Trinajstić information content (AvgIpc) is 3.08. The van der Waals surface area contributed by atoms with Crippen LogP contribution in [0.15, 0.2) is 30.7 Å². The molecule has 0 unspecified atom stereocenters. The van der Waals surface area contributed by atoms with Gasteiger partial charge in [-0.3, -0.25) is 14.9 Å². The second kappa shape index (κ2) is 6.02. The minimum Gasteiger partial charge on any atom is -0.339 e. The third kappa shape index (κ3) is 3.20. The summed E-state index contributed by atoms with van der Waals surface area (Å²) in [7, 11) is 0. The number of piperidine rings is 1. The highest BCUT2D eigenvalue weighted by molar-refractivity contribution is 5.95. The summed E-state index contributed by atoms with van der Waals surface area (Å²) in [6, 6.07) is 3.01.